The lowest BCUT2D eigenvalue weighted by molar-refractivity contribution is 0.0948. The first kappa shape index (κ1) is 15.5. The molecule has 1 aromatic heterocycles. The first-order valence-electron chi connectivity index (χ1n) is 6.42. The number of benzene rings is 1. The third kappa shape index (κ3) is 4.31. The molecule has 0 radical (unpaired) electrons. The second-order valence-electron chi connectivity index (χ2n) is 4.30. The Morgan fingerprint density at radius 2 is 2.00 bits per heavy atom. The van der Waals surface area contributed by atoms with Crippen molar-refractivity contribution in [2.45, 2.75) is 13.3 Å². The van der Waals surface area contributed by atoms with Crippen LogP contribution in [-0.4, -0.2) is 22.4 Å². The normalized spacial score (nSPS) is 10.2. The van der Waals surface area contributed by atoms with E-state index >= 15 is 0 Å². The fourth-order valence-corrected chi connectivity index (χ4v) is 1.90. The van der Waals surface area contributed by atoms with Gasteiger partial charge in [-0.15, -0.1) is 0 Å². The van der Waals surface area contributed by atoms with Gasteiger partial charge in [0.05, 0.1) is 10.0 Å². The van der Waals surface area contributed by atoms with Gasteiger partial charge in [0, 0.05) is 18.3 Å². The molecule has 0 unspecified atom stereocenters. The number of amides is 1. The Bertz CT molecular complexity index is 649. The molecule has 1 heterocycles. The Kier molecular flexibility index (Phi) is 5.36. The SMILES string of the molecule is CCCNC(=O)c1cc(Nc2ccc(Cl)c(Cl)c2)ncn1. The molecule has 0 aliphatic heterocycles. The van der Waals surface area contributed by atoms with Gasteiger partial charge in [0.2, 0.25) is 0 Å². The lowest BCUT2D eigenvalue weighted by Crippen LogP contribution is -2.25. The number of halogens is 2. The second kappa shape index (κ2) is 7.24. The van der Waals surface area contributed by atoms with Crippen LogP contribution < -0.4 is 10.6 Å². The molecule has 1 amide bonds. The highest BCUT2D eigenvalue weighted by Gasteiger charge is 2.08. The molecule has 2 N–H and O–H groups in total. The number of hydrogen-bond acceptors (Lipinski definition) is 4. The molecule has 110 valence electrons. The van der Waals surface area contributed by atoms with E-state index in [1.54, 1.807) is 24.3 Å². The van der Waals surface area contributed by atoms with Crippen molar-refractivity contribution in [1.82, 2.24) is 15.3 Å². The Morgan fingerprint density at radius 1 is 1.19 bits per heavy atom. The zero-order valence-corrected chi connectivity index (χ0v) is 12.9. The van der Waals surface area contributed by atoms with Crippen LogP contribution in [-0.2, 0) is 0 Å². The van der Waals surface area contributed by atoms with Gasteiger partial charge in [0.1, 0.15) is 17.8 Å². The highest BCUT2D eigenvalue weighted by molar-refractivity contribution is 6.42. The van der Waals surface area contributed by atoms with Gasteiger partial charge in [-0.3, -0.25) is 4.79 Å². The van der Waals surface area contributed by atoms with Crippen molar-refractivity contribution in [1.29, 1.82) is 0 Å². The van der Waals surface area contributed by atoms with Crippen LogP contribution in [0.2, 0.25) is 10.0 Å². The van der Waals surface area contributed by atoms with Gasteiger partial charge < -0.3 is 10.6 Å². The van der Waals surface area contributed by atoms with E-state index in [-0.39, 0.29) is 5.91 Å². The Balaban J connectivity index is 2.13. The lowest BCUT2D eigenvalue weighted by atomic mass is 10.3. The molecule has 0 atom stereocenters. The van der Waals surface area contributed by atoms with Gasteiger partial charge in [0.15, 0.2) is 0 Å². The molecule has 5 nitrogen and oxygen atoms in total. The van der Waals surface area contributed by atoms with E-state index in [0.29, 0.717) is 28.1 Å². The van der Waals surface area contributed by atoms with Gasteiger partial charge in [-0.25, -0.2) is 9.97 Å². The van der Waals surface area contributed by atoms with E-state index in [0.717, 1.165) is 12.1 Å². The number of carbonyl (C=O) groups is 1. The Morgan fingerprint density at radius 3 is 2.71 bits per heavy atom. The number of nitrogens with one attached hydrogen (secondary N) is 2. The summed E-state index contributed by atoms with van der Waals surface area (Å²) in [4.78, 5) is 19.9. The standard InChI is InChI=1S/C14H14Cl2N4O/c1-2-5-17-14(21)12-7-13(19-8-18-12)20-9-3-4-10(15)11(16)6-9/h3-4,6-8H,2,5H2,1H3,(H,17,21)(H,18,19,20). The van der Waals surface area contributed by atoms with Crippen LogP contribution in [0.4, 0.5) is 11.5 Å². The van der Waals surface area contributed by atoms with Crippen molar-refractivity contribution in [2.75, 3.05) is 11.9 Å². The van der Waals surface area contributed by atoms with E-state index in [2.05, 4.69) is 20.6 Å². The molecule has 2 rings (SSSR count). The monoisotopic (exact) mass is 324 g/mol. The zero-order valence-electron chi connectivity index (χ0n) is 11.4. The number of hydrogen-bond donors (Lipinski definition) is 2. The van der Waals surface area contributed by atoms with Crippen LogP contribution in [0.5, 0.6) is 0 Å². The summed E-state index contributed by atoms with van der Waals surface area (Å²) in [5.74, 6) is 0.279. The molecule has 0 saturated carbocycles. The highest BCUT2D eigenvalue weighted by Crippen LogP contribution is 2.26. The molecular formula is C14H14Cl2N4O. The quantitative estimate of drug-likeness (QED) is 0.880. The molecule has 0 saturated heterocycles. The van der Waals surface area contributed by atoms with Crippen LogP contribution in [0.15, 0.2) is 30.6 Å². The lowest BCUT2D eigenvalue weighted by Gasteiger charge is -2.08. The first-order valence-corrected chi connectivity index (χ1v) is 7.18. The molecule has 1 aromatic carbocycles. The third-order valence-electron chi connectivity index (χ3n) is 2.63. The predicted octanol–water partition coefficient (Wildman–Crippen LogP) is 3.67. The van der Waals surface area contributed by atoms with E-state index in [9.17, 15) is 4.79 Å². The van der Waals surface area contributed by atoms with Crippen molar-refractivity contribution < 1.29 is 4.79 Å². The van der Waals surface area contributed by atoms with E-state index in [4.69, 9.17) is 23.2 Å². The second-order valence-corrected chi connectivity index (χ2v) is 5.11. The summed E-state index contributed by atoms with van der Waals surface area (Å²) >= 11 is 11.8. The maximum Gasteiger partial charge on any atom is 0.270 e. The maximum absolute atomic E-state index is 11.8. The van der Waals surface area contributed by atoms with Gasteiger partial charge >= 0.3 is 0 Å². The van der Waals surface area contributed by atoms with Crippen LogP contribution in [0, 0.1) is 0 Å². The molecule has 0 bridgehead atoms. The third-order valence-corrected chi connectivity index (χ3v) is 3.37. The number of rotatable bonds is 5. The summed E-state index contributed by atoms with van der Waals surface area (Å²) in [7, 11) is 0. The Labute approximate surface area is 132 Å². The first-order chi connectivity index (χ1) is 10.1. The summed E-state index contributed by atoms with van der Waals surface area (Å²) in [6.07, 6.45) is 2.20. The van der Waals surface area contributed by atoms with E-state index in [1.807, 2.05) is 6.92 Å². The summed E-state index contributed by atoms with van der Waals surface area (Å²) in [5, 5.41) is 6.73. The van der Waals surface area contributed by atoms with Gasteiger partial charge in [0.25, 0.3) is 5.91 Å². The highest BCUT2D eigenvalue weighted by atomic mass is 35.5. The molecular weight excluding hydrogens is 311 g/mol. The molecule has 0 aliphatic carbocycles. The molecule has 2 aromatic rings. The fraction of sp³-hybridized carbons (Fsp3) is 0.214. The minimum atomic E-state index is -0.226. The average molecular weight is 325 g/mol. The summed E-state index contributed by atoms with van der Waals surface area (Å²) in [5.41, 5.74) is 1.03. The molecule has 21 heavy (non-hydrogen) atoms. The van der Waals surface area contributed by atoms with Crippen molar-refractivity contribution in [3.8, 4) is 0 Å². The van der Waals surface area contributed by atoms with Crippen molar-refractivity contribution >= 4 is 40.6 Å². The Hall–Kier alpha value is -1.85. The van der Waals surface area contributed by atoms with Crippen LogP contribution in [0.1, 0.15) is 23.8 Å². The number of carbonyl (C=O) groups excluding carboxylic acids is 1. The van der Waals surface area contributed by atoms with Crippen molar-refractivity contribution in [3.63, 3.8) is 0 Å². The van der Waals surface area contributed by atoms with E-state index in [1.165, 1.54) is 6.33 Å². The van der Waals surface area contributed by atoms with Gasteiger partial charge in [-0.1, -0.05) is 30.1 Å². The van der Waals surface area contributed by atoms with Gasteiger partial charge in [-0.05, 0) is 24.6 Å². The summed E-state index contributed by atoms with van der Waals surface area (Å²) < 4.78 is 0. The molecule has 7 heteroatoms. The maximum atomic E-state index is 11.8. The summed E-state index contributed by atoms with van der Waals surface area (Å²) in [6, 6.07) is 6.71. The molecule has 0 aliphatic rings. The number of nitrogens with zero attached hydrogens (tertiary/aromatic N) is 2. The predicted molar refractivity (Wildman–Crippen MR) is 84.4 cm³/mol. The van der Waals surface area contributed by atoms with Crippen LogP contribution in [0.25, 0.3) is 0 Å². The van der Waals surface area contributed by atoms with Crippen LogP contribution in [0.3, 0.4) is 0 Å². The fourth-order valence-electron chi connectivity index (χ4n) is 1.60. The summed E-state index contributed by atoms with van der Waals surface area (Å²) in [6.45, 7) is 2.59. The smallest absolute Gasteiger partial charge is 0.270 e. The zero-order chi connectivity index (χ0) is 15.2. The topological polar surface area (TPSA) is 66.9 Å². The van der Waals surface area contributed by atoms with E-state index < -0.39 is 0 Å². The number of aromatic nitrogens is 2. The average Bonchev–Trinajstić information content (AvgIpc) is 2.49. The minimum absolute atomic E-state index is 0.226. The van der Waals surface area contributed by atoms with Crippen molar-refractivity contribution in [3.05, 3.63) is 46.3 Å². The van der Waals surface area contributed by atoms with Crippen LogP contribution >= 0.6 is 23.2 Å². The molecule has 0 spiro atoms. The number of anilines is 2. The van der Waals surface area contributed by atoms with Crippen molar-refractivity contribution in [2.24, 2.45) is 0 Å². The minimum Gasteiger partial charge on any atom is -0.351 e. The molecule has 0 fully saturated rings. The largest absolute Gasteiger partial charge is 0.351 e. The van der Waals surface area contributed by atoms with Gasteiger partial charge in [-0.2, -0.15) is 0 Å².